The van der Waals surface area contributed by atoms with E-state index in [2.05, 4.69) is 6.58 Å². The maximum absolute atomic E-state index is 12.2. The standard InChI is InChI=1S/C12H15NO5S/c1-3-7-13(4-2)19(17,18)9-5-6-11(14)10(8-9)12(15)16/h3,5-6,8,14H,1,4,7H2,2H3,(H,15,16). The second-order valence-corrected chi connectivity index (χ2v) is 5.67. The summed E-state index contributed by atoms with van der Waals surface area (Å²) in [4.78, 5) is 10.7. The van der Waals surface area contributed by atoms with E-state index < -0.39 is 27.3 Å². The molecule has 0 heterocycles. The van der Waals surface area contributed by atoms with Crippen molar-refractivity contribution in [1.82, 2.24) is 4.31 Å². The fraction of sp³-hybridized carbons (Fsp3) is 0.250. The predicted octanol–water partition coefficient (Wildman–Crippen LogP) is 1.29. The van der Waals surface area contributed by atoms with Gasteiger partial charge in [0.15, 0.2) is 0 Å². The van der Waals surface area contributed by atoms with Crippen LogP contribution in [0.15, 0.2) is 35.7 Å². The number of carboxylic acids is 1. The number of carboxylic acid groups (broad SMARTS) is 1. The Labute approximate surface area is 111 Å². The van der Waals surface area contributed by atoms with E-state index in [0.29, 0.717) is 0 Å². The van der Waals surface area contributed by atoms with Crippen molar-refractivity contribution < 1.29 is 23.4 Å². The van der Waals surface area contributed by atoms with E-state index in [-0.39, 0.29) is 18.0 Å². The molecule has 0 radical (unpaired) electrons. The van der Waals surface area contributed by atoms with Crippen LogP contribution < -0.4 is 0 Å². The van der Waals surface area contributed by atoms with Crippen LogP contribution in [0.1, 0.15) is 17.3 Å². The number of benzene rings is 1. The van der Waals surface area contributed by atoms with Gasteiger partial charge in [-0.1, -0.05) is 13.0 Å². The molecule has 0 spiro atoms. The van der Waals surface area contributed by atoms with Gasteiger partial charge >= 0.3 is 5.97 Å². The minimum Gasteiger partial charge on any atom is -0.507 e. The summed E-state index contributed by atoms with van der Waals surface area (Å²) in [5.41, 5.74) is -0.448. The quantitative estimate of drug-likeness (QED) is 0.768. The normalized spacial score (nSPS) is 11.5. The number of likely N-dealkylation sites (N-methyl/N-ethyl adjacent to an activating group) is 1. The Morgan fingerprint density at radius 3 is 2.58 bits per heavy atom. The maximum Gasteiger partial charge on any atom is 0.339 e. The number of hydrogen-bond acceptors (Lipinski definition) is 4. The van der Waals surface area contributed by atoms with Crippen molar-refractivity contribution in [3.63, 3.8) is 0 Å². The highest BCUT2D eigenvalue weighted by Crippen LogP contribution is 2.23. The van der Waals surface area contributed by atoms with E-state index in [1.54, 1.807) is 6.92 Å². The molecule has 1 aromatic rings. The second kappa shape index (κ2) is 5.85. The Hall–Kier alpha value is -1.86. The molecule has 104 valence electrons. The van der Waals surface area contributed by atoms with Crippen LogP contribution in [-0.2, 0) is 10.0 Å². The molecule has 19 heavy (non-hydrogen) atoms. The molecule has 0 aliphatic rings. The van der Waals surface area contributed by atoms with E-state index in [9.17, 15) is 18.3 Å². The molecule has 0 saturated heterocycles. The molecule has 6 nitrogen and oxygen atoms in total. The minimum absolute atomic E-state index is 0.127. The van der Waals surface area contributed by atoms with Crippen LogP contribution in [0.3, 0.4) is 0 Å². The van der Waals surface area contributed by atoms with Crippen LogP contribution in [-0.4, -0.2) is 42.0 Å². The third kappa shape index (κ3) is 3.12. The average Bonchev–Trinajstić information content (AvgIpc) is 2.35. The van der Waals surface area contributed by atoms with Crippen LogP contribution in [0.2, 0.25) is 0 Å². The summed E-state index contributed by atoms with van der Waals surface area (Å²) in [6.07, 6.45) is 1.44. The van der Waals surface area contributed by atoms with Crippen molar-refractivity contribution in [1.29, 1.82) is 0 Å². The van der Waals surface area contributed by atoms with Crippen molar-refractivity contribution in [3.05, 3.63) is 36.4 Å². The Bertz CT molecular complexity index is 594. The molecule has 0 aromatic heterocycles. The number of aromatic carboxylic acids is 1. The molecule has 0 aliphatic carbocycles. The molecule has 2 N–H and O–H groups in total. The first kappa shape index (κ1) is 15.2. The fourth-order valence-corrected chi connectivity index (χ4v) is 2.98. The van der Waals surface area contributed by atoms with Gasteiger partial charge in [-0.3, -0.25) is 0 Å². The molecule has 1 rings (SSSR count). The number of hydrogen-bond donors (Lipinski definition) is 2. The van der Waals surface area contributed by atoms with Gasteiger partial charge in [-0.15, -0.1) is 6.58 Å². The van der Waals surface area contributed by atoms with Crippen LogP contribution in [0.5, 0.6) is 5.75 Å². The van der Waals surface area contributed by atoms with Crippen LogP contribution in [0.4, 0.5) is 0 Å². The highest BCUT2D eigenvalue weighted by atomic mass is 32.2. The van der Waals surface area contributed by atoms with Crippen LogP contribution in [0.25, 0.3) is 0 Å². The highest BCUT2D eigenvalue weighted by Gasteiger charge is 2.24. The zero-order chi connectivity index (χ0) is 14.6. The van der Waals surface area contributed by atoms with E-state index in [1.165, 1.54) is 12.1 Å². The summed E-state index contributed by atoms with van der Waals surface area (Å²) in [5.74, 6) is -1.86. The van der Waals surface area contributed by atoms with Gasteiger partial charge in [-0.05, 0) is 18.2 Å². The molecule has 0 bridgehead atoms. The van der Waals surface area contributed by atoms with Crippen LogP contribution in [0, 0.1) is 0 Å². The first-order valence-corrected chi connectivity index (χ1v) is 6.96. The minimum atomic E-state index is -3.80. The summed E-state index contributed by atoms with van der Waals surface area (Å²) >= 11 is 0. The zero-order valence-corrected chi connectivity index (χ0v) is 11.2. The zero-order valence-electron chi connectivity index (χ0n) is 10.4. The number of sulfonamides is 1. The largest absolute Gasteiger partial charge is 0.507 e. The summed E-state index contributed by atoms with van der Waals surface area (Å²) in [5, 5.41) is 18.2. The Kier molecular flexibility index (Phi) is 4.68. The first-order chi connectivity index (χ1) is 8.84. The highest BCUT2D eigenvalue weighted by molar-refractivity contribution is 7.89. The molecule has 0 saturated carbocycles. The molecular formula is C12H15NO5S. The van der Waals surface area contributed by atoms with Gasteiger partial charge in [-0.25, -0.2) is 13.2 Å². The number of nitrogens with zero attached hydrogens (tertiary/aromatic N) is 1. The van der Waals surface area contributed by atoms with Gasteiger partial charge in [0.2, 0.25) is 10.0 Å². The molecule has 0 amide bonds. The van der Waals surface area contributed by atoms with Crippen LogP contribution >= 0.6 is 0 Å². The van der Waals surface area contributed by atoms with Crippen molar-refractivity contribution in [2.75, 3.05) is 13.1 Å². The molecule has 0 fully saturated rings. The summed E-state index contributed by atoms with van der Waals surface area (Å²) in [7, 11) is -3.80. The van der Waals surface area contributed by atoms with Gasteiger partial charge in [0.05, 0.1) is 4.90 Å². The topological polar surface area (TPSA) is 94.9 Å². The average molecular weight is 285 g/mol. The van der Waals surface area contributed by atoms with E-state index in [1.807, 2.05) is 0 Å². The van der Waals surface area contributed by atoms with E-state index >= 15 is 0 Å². The third-order valence-corrected chi connectivity index (χ3v) is 4.46. The Morgan fingerprint density at radius 2 is 2.11 bits per heavy atom. The fourth-order valence-electron chi connectivity index (χ4n) is 1.54. The van der Waals surface area contributed by atoms with Gasteiger partial charge < -0.3 is 10.2 Å². The van der Waals surface area contributed by atoms with Gasteiger partial charge in [-0.2, -0.15) is 4.31 Å². The summed E-state index contributed by atoms with van der Waals surface area (Å²) < 4.78 is 25.6. The Balaban J connectivity index is 3.32. The SMILES string of the molecule is C=CCN(CC)S(=O)(=O)c1ccc(O)c(C(=O)O)c1. The van der Waals surface area contributed by atoms with E-state index in [0.717, 1.165) is 16.4 Å². The monoisotopic (exact) mass is 285 g/mol. The lowest BCUT2D eigenvalue weighted by atomic mass is 10.2. The molecule has 0 aliphatic heterocycles. The third-order valence-electron chi connectivity index (χ3n) is 2.52. The van der Waals surface area contributed by atoms with Gasteiger partial charge in [0.1, 0.15) is 11.3 Å². The van der Waals surface area contributed by atoms with Crippen molar-refractivity contribution in [2.45, 2.75) is 11.8 Å². The lowest BCUT2D eigenvalue weighted by molar-refractivity contribution is 0.0693. The molecule has 0 atom stereocenters. The van der Waals surface area contributed by atoms with Crippen molar-refractivity contribution in [2.24, 2.45) is 0 Å². The number of aromatic hydroxyl groups is 1. The lowest BCUT2D eigenvalue weighted by Crippen LogP contribution is -2.31. The summed E-state index contributed by atoms with van der Waals surface area (Å²) in [6, 6.07) is 3.17. The Morgan fingerprint density at radius 1 is 1.47 bits per heavy atom. The number of carbonyl (C=O) groups is 1. The number of rotatable bonds is 6. The van der Waals surface area contributed by atoms with Crippen molar-refractivity contribution in [3.8, 4) is 5.75 Å². The number of phenols is 1. The first-order valence-electron chi connectivity index (χ1n) is 5.52. The molecular weight excluding hydrogens is 270 g/mol. The van der Waals surface area contributed by atoms with Gasteiger partial charge in [0, 0.05) is 13.1 Å². The molecule has 0 unspecified atom stereocenters. The summed E-state index contributed by atoms with van der Waals surface area (Å²) in [6.45, 7) is 5.50. The molecule has 1 aromatic carbocycles. The second-order valence-electron chi connectivity index (χ2n) is 3.73. The van der Waals surface area contributed by atoms with Gasteiger partial charge in [0.25, 0.3) is 0 Å². The van der Waals surface area contributed by atoms with Crippen molar-refractivity contribution >= 4 is 16.0 Å². The van der Waals surface area contributed by atoms with E-state index in [4.69, 9.17) is 5.11 Å². The molecule has 7 heteroatoms. The smallest absolute Gasteiger partial charge is 0.339 e. The maximum atomic E-state index is 12.2. The lowest BCUT2D eigenvalue weighted by Gasteiger charge is -2.19. The predicted molar refractivity (Wildman–Crippen MR) is 69.7 cm³/mol.